The maximum Gasteiger partial charge on any atom is 0.261 e. The topological polar surface area (TPSA) is 116 Å². The number of carbonyl (C=O) groups excluding carboxylic acids is 1. The van der Waals surface area contributed by atoms with Gasteiger partial charge in [0.15, 0.2) is 0 Å². The molecule has 10 heteroatoms. The second-order valence-corrected chi connectivity index (χ2v) is 9.29. The number of hydrogen-bond acceptors (Lipinski definition) is 7. The van der Waals surface area contributed by atoms with Crippen molar-refractivity contribution in [3.05, 3.63) is 72.4 Å². The van der Waals surface area contributed by atoms with E-state index in [9.17, 15) is 13.2 Å². The van der Waals surface area contributed by atoms with Crippen molar-refractivity contribution >= 4 is 21.6 Å². The zero-order chi connectivity index (χ0) is 24.0. The van der Waals surface area contributed by atoms with Crippen molar-refractivity contribution in [1.29, 1.82) is 0 Å². The third-order valence-corrected chi connectivity index (χ3v) is 6.62. The Kier molecular flexibility index (Phi) is 7.29. The van der Waals surface area contributed by atoms with Gasteiger partial charge in [-0.15, -0.1) is 0 Å². The molecule has 178 valence electrons. The van der Waals surface area contributed by atoms with Crippen LogP contribution in [0.1, 0.15) is 23.2 Å². The molecule has 0 bridgehead atoms. The fraction of sp³-hybridized carbons (Fsp3) is 0.250. The summed E-state index contributed by atoms with van der Waals surface area (Å²) in [5.74, 6) is 0.815. The van der Waals surface area contributed by atoms with E-state index in [-0.39, 0.29) is 22.8 Å². The van der Waals surface area contributed by atoms with Gasteiger partial charge in [-0.1, -0.05) is 0 Å². The molecule has 34 heavy (non-hydrogen) atoms. The van der Waals surface area contributed by atoms with Gasteiger partial charge in [0.05, 0.1) is 18.1 Å². The highest BCUT2D eigenvalue weighted by atomic mass is 32.2. The quantitative estimate of drug-likeness (QED) is 0.478. The lowest BCUT2D eigenvalue weighted by Crippen LogP contribution is -2.32. The summed E-state index contributed by atoms with van der Waals surface area (Å²) in [5, 5.41) is 2.86. The Labute approximate surface area is 198 Å². The summed E-state index contributed by atoms with van der Waals surface area (Å²) < 4.78 is 44.1. The molecule has 0 saturated carbocycles. The third-order valence-electron chi connectivity index (χ3n) is 5.22. The Balaban J connectivity index is 1.41. The van der Waals surface area contributed by atoms with Gasteiger partial charge in [-0.3, -0.25) is 9.52 Å². The van der Waals surface area contributed by atoms with E-state index in [1.54, 1.807) is 48.5 Å². The molecule has 2 N–H and O–H groups in total. The highest BCUT2D eigenvalue weighted by Crippen LogP contribution is 2.26. The van der Waals surface area contributed by atoms with E-state index in [1.165, 1.54) is 25.4 Å². The minimum absolute atomic E-state index is 0.0271. The average Bonchev–Trinajstić information content (AvgIpc) is 3.38. The van der Waals surface area contributed by atoms with Crippen LogP contribution in [0.15, 0.2) is 71.8 Å². The maximum absolute atomic E-state index is 12.6. The van der Waals surface area contributed by atoms with E-state index in [4.69, 9.17) is 14.2 Å². The summed E-state index contributed by atoms with van der Waals surface area (Å²) in [5.41, 5.74) is 0.656. The van der Waals surface area contributed by atoms with Crippen molar-refractivity contribution in [2.75, 3.05) is 25.0 Å². The molecule has 4 rings (SSSR count). The average molecular weight is 484 g/mol. The molecule has 1 atom stereocenters. The summed E-state index contributed by atoms with van der Waals surface area (Å²) >= 11 is 0. The number of rotatable bonds is 9. The van der Waals surface area contributed by atoms with Crippen LogP contribution in [0.5, 0.6) is 17.4 Å². The number of anilines is 1. The number of nitrogens with zero attached hydrogens (tertiary/aromatic N) is 1. The molecule has 0 radical (unpaired) electrons. The largest absolute Gasteiger partial charge is 0.497 e. The van der Waals surface area contributed by atoms with Gasteiger partial charge in [-0.25, -0.2) is 13.4 Å². The van der Waals surface area contributed by atoms with Crippen LogP contribution in [0.25, 0.3) is 0 Å². The number of aromatic nitrogens is 1. The molecule has 9 nitrogen and oxygen atoms in total. The van der Waals surface area contributed by atoms with Crippen LogP contribution in [-0.2, 0) is 14.8 Å². The molecule has 1 aliphatic heterocycles. The number of sulfonamides is 1. The summed E-state index contributed by atoms with van der Waals surface area (Å²) in [6, 6.07) is 15.7. The molecule has 2 aromatic carbocycles. The Hall–Kier alpha value is -3.63. The van der Waals surface area contributed by atoms with Gasteiger partial charge in [0.1, 0.15) is 17.1 Å². The second kappa shape index (κ2) is 10.5. The molecule has 3 aromatic rings. The lowest BCUT2D eigenvalue weighted by atomic mass is 10.2. The van der Waals surface area contributed by atoms with Crippen LogP contribution in [0, 0.1) is 0 Å². The van der Waals surface area contributed by atoms with Gasteiger partial charge in [0.2, 0.25) is 5.88 Å². The molecule has 2 heterocycles. The van der Waals surface area contributed by atoms with Crippen molar-refractivity contribution in [2.24, 2.45) is 0 Å². The molecule has 1 amide bonds. The third kappa shape index (κ3) is 5.83. The number of hydrogen-bond donors (Lipinski definition) is 2. The van der Waals surface area contributed by atoms with E-state index in [2.05, 4.69) is 15.0 Å². The Morgan fingerprint density at radius 3 is 2.50 bits per heavy atom. The smallest absolute Gasteiger partial charge is 0.261 e. The standard InChI is InChI=1S/C24H25N3O6S/c1-31-18-10-12-21(13-11-18)34(29,30)27-17-6-8-19(9-7-17)33-24-22(5-2-14-25-24)23(28)26-16-20-4-3-15-32-20/h2,5-14,20,27H,3-4,15-16H2,1H3,(H,26,28)/t20-/m1/s1. The van der Waals surface area contributed by atoms with Gasteiger partial charge >= 0.3 is 0 Å². The van der Waals surface area contributed by atoms with E-state index < -0.39 is 10.0 Å². The lowest BCUT2D eigenvalue weighted by Gasteiger charge is -2.13. The summed E-state index contributed by atoms with van der Waals surface area (Å²) in [4.78, 5) is 16.9. The van der Waals surface area contributed by atoms with Crippen LogP contribution >= 0.6 is 0 Å². The van der Waals surface area contributed by atoms with Gasteiger partial charge in [-0.05, 0) is 73.5 Å². The molecule has 0 aliphatic carbocycles. The zero-order valence-corrected chi connectivity index (χ0v) is 19.4. The summed E-state index contributed by atoms with van der Waals surface area (Å²) in [7, 11) is -2.25. The summed E-state index contributed by atoms with van der Waals surface area (Å²) in [6.45, 7) is 1.14. The first kappa shape index (κ1) is 23.5. The fourth-order valence-corrected chi connectivity index (χ4v) is 4.48. The van der Waals surface area contributed by atoms with Crippen molar-refractivity contribution in [3.8, 4) is 17.4 Å². The Morgan fingerprint density at radius 1 is 1.09 bits per heavy atom. The molecule has 1 fully saturated rings. The Bertz CT molecular complexity index is 1220. The van der Waals surface area contributed by atoms with E-state index in [0.29, 0.717) is 35.9 Å². The first-order chi connectivity index (χ1) is 16.4. The monoisotopic (exact) mass is 483 g/mol. The van der Waals surface area contributed by atoms with Crippen molar-refractivity contribution < 1.29 is 27.4 Å². The predicted molar refractivity (Wildman–Crippen MR) is 126 cm³/mol. The summed E-state index contributed by atoms with van der Waals surface area (Å²) in [6.07, 6.45) is 3.47. The Morgan fingerprint density at radius 2 is 1.82 bits per heavy atom. The normalized spacial score (nSPS) is 15.5. The first-order valence-electron chi connectivity index (χ1n) is 10.7. The highest BCUT2D eigenvalue weighted by Gasteiger charge is 2.19. The van der Waals surface area contributed by atoms with Gasteiger partial charge < -0.3 is 19.5 Å². The van der Waals surface area contributed by atoms with Crippen LogP contribution in [-0.4, -0.2) is 45.7 Å². The van der Waals surface area contributed by atoms with Crippen LogP contribution in [0.4, 0.5) is 5.69 Å². The van der Waals surface area contributed by atoms with Crippen LogP contribution in [0.3, 0.4) is 0 Å². The van der Waals surface area contributed by atoms with Gasteiger partial charge in [-0.2, -0.15) is 0 Å². The van der Waals surface area contributed by atoms with Crippen LogP contribution in [0.2, 0.25) is 0 Å². The molecular weight excluding hydrogens is 458 g/mol. The minimum Gasteiger partial charge on any atom is -0.497 e. The molecule has 1 aromatic heterocycles. The van der Waals surface area contributed by atoms with Gasteiger partial charge in [0, 0.05) is 25.0 Å². The number of pyridine rings is 1. The van der Waals surface area contributed by atoms with Gasteiger partial charge in [0.25, 0.3) is 15.9 Å². The fourth-order valence-electron chi connectivity index (χ4n) is 3.42. The lowest BCUT2D eigenvalue weighted by molar-refractivity contribution is 0.0855. The van der Waals surface area contributed by atoms with Crippen molar-refractivity contribution in [3.63, 3.8) is 0 Å². The first-order valence-corrected chi connectivity index (χ1v) is 12.2. The zero-order valence-electron chi connectivity index (χ0n) is 18.6. The van der Waals surface area contributed by atoms with Crippen molar-refractivity contribution in [2.45, 2.75) is 23.8 Å². The number of carbonyl (C=O) groups is 1. The number of methoxy groups -OCH3 is 1. The van der Waals surface area contributed by atoms with Crippen molar-refractivity contribution in [1.82, 2.24) is 10.3 Å². The molecule has 1 saturated heterocycles. The predicted octanol–water partition coefficient (Wildman–Crippen LogP) is 3.59. The maximum atomic E-state index is 12.6. The number of amides is 1. The number of nitrogens with one attached hydrogen (secondary N) is 2. The van der Waals surface area contributed by atoms with E-state index >= 15 is 0 Å². The minimum atomic E-state index is -3.76. The number of benzene rings is 2. The van der Waals surface area contributed by atoms with E-state index in [1.807, 2.05) is 0 Å². The molecule has 0 unspecified atom stereocenters. The van der Waals surface area contributed by atoms with Crippen LogP contribution < -0.4 is 19.5 Å². The second-order valence-electron chi connectivity index (χ2n) is 7.61. The number of ether oxygens (including phenoxy) is 3. The van der Waals surface area contributed by atoms with E-state index in [0.717, 1.165) is 12.8 Å². The molecule has 1 aliphatic rings. The highest BCUT2D eigenvalue weighted by molar-refractivity contribution is 7.92. The molecule has 0 spiro atoms. The SMILES string of the molecule is COc1ccc(S(=O)(=O)Nc2ccc(Oc3ncccc3C(=O)NC[C@H]3CCCO3)cc2)cc1. The molecular formula is C24H25N3O6S.